The van der Waals surface area contributed by atoms with Crippen molar-refractivity contribution in [2.75, 3.05) is 6.79 Å². The number of hydrogen-bond acceptors (Lipinski definition) is 14. The van der Waals surface area contributed by atoms with Gasteiger partial charge < -0.3 is 19.7 Å². The molecule has 0 fully saturated rings. The van der Waals surface area contributed by atoms with Crippen LogP contribution in [-0.2, 0) is 22.6 Å². The van der Waals surface area contributed by atoms with Crippen molar-refractivity contribution in [3.8, 4) is 23.9 Å². The second kappa shape index (κ2) is 22.4. The second-order valence-corrected chi connectivity index (χ2v) is 14.6. The molecule has 320 valence electrons. The van der Waals surface area contributed by atoms with Crippen molar-refractivity contribution in [2.24, 2.45) is 32.3 Å². The summed E-state index contributed by atoms with van der Waals surface area (Å²) in [6.07, 6.45) is 7.02. The van der Waals surface area contributed by atoms with Crippen LogP contribution >= 0.6 is 0 Å². The van der Waals surface area contributed by atoms with Gasteiger partial charge in [-0.3, -0.25) is 18.7 Å². The number of aromatic nitrogens is 2. The molecule has 0 aliphatic rings. The van der Waals surface area contributed by atoms with Crippen LogP contribution in [0.1, 0.15) is 122 Å². The first kappa shape index (κ1) is 46.7. The molecule has 0 bridgehead atoms. The summed E-state index contributed by atoms with van der Waals surface area (Å²) in [6.45, 7) is 10.6. The van der Waals surface area contributed by atoms with Crippen LogP contribution in [0.25, 0.3) is 0 Å². The SMILES string of the molecule is CCCCC(CC)Cn1c(O)c(C#N)c(C)c(N=Nc2ccccc2C(=O)OCOC(=O)c2ccccc2N=Nc2c(C)c(C#N)c(O)n(CC(CC)CCCC)c2=O)c1=O. The molecule has 2 aromatic heterocycles. The summed E-state index contributed by atoms with van der Waals surface area (Å²) in [5, 5.41) is 58.0. The zero-order chi connectivity index (χ0) is 44.6. The maximum atomic E-state index is 13.6. The van der Waals surface area contributed by atoms with Crippen molar-refractivity contribution < 1.29 is 29.3 Å². The van der Waals surface area contributed by atoms with Gasteiger partial charge in [0, 0.05) is 24.2 Å². The molecular formula is C45H52N8O8. The molecule has 4 rings (SSSR count). The molecule has 0 aliphatic carbocycles. The third-order valence-corrected chi connectivity index (χ3v) is 10.6. The van der Waals surface area contributed by atoms with E-state index in [4.69, 9.17) is 9.47 Å². The smallest absolute Gasteiger partial charge is 0.343 e. The summed E-state index contributed by atoms with van der Waals surface area (Å²) >= 11 is 0. The van der Waals surface area contributed by atoms with E-state index in [1.54, 1.807) is 24.3 Å². The van der Waals surface area contributed by atoms with Gasteiger partial charge in [-0.1, -0.05) is 90.5 Å². The Morgan fingerprint density at radius 3 is 1.38 bits per heavy atom. The van der Waals surface area contributed by atoms with Gasteiger partial charge in [-0.25, -0.2) is 9.59 Å². The number of aromatic hydroxyl groups is 2. The van der Waals surface area contributed by atoms with E-state index in [2.05, 4.69) is 34.3 Å². The quantitative estimate of drug-likeness (QED) is 0.0485. The molecule has 2 unspecified atom stereocenters. The van der Waals surface area contributed by atoms with Crippen LogP contribution in [0.2, 0.25) is 0 Å². The first-order valence-electron chi connectivity index (χ1n) is 20.5. The molecule has 0 radical (unpaired) electrons. The maximum Gasteiger partial charge on any atom is 0.343 e. The number of esters is 2. The Balaban J connectivity index is 1.54. The van der Waals surface area contributed by atoms with Crippen LogP contribution in [0.15, 0.2) is 78.6 Å². The van der Waals surface area contributed by atoms with Crippen LogP contribution in [-0.4, -0.2) is 38.1 Å². The molecule has 0 spiro atoms. The van der Waals surface area contributed by atoms with E-state index in [-0.39, 0.29) is 81.1 Å². The molecule has 16 heteroatoms. The average Bonchev–Trinajstić information content (AvgIpc) is 3.26. The fourth-order valence-electron chi connectivity index (χ4n) is 6.77. The summed E-state index contributed by atoms with van der Waals surface area (Å²) in [5.74, 6) is -2.57. The van der Waals surface area contributed by atoms with E-state index >= 15 is 0 Å². The molecule has 0 saturated heterocycles. The normalized spacial score (nSPS) is 12.3. The third kappa shape index (κ3) is 11.2. The molecule has 4 aromatic rings. The summed E-state index contributed by atoms with van der Waals surface area (Å²) in [5.41, 5.74) is -1.67. The average molecular weight is 833 g/mol. The predicted octanol–water partition coefficient (Wildman–Crippen LogP) is 10.0. The van der Waals surface area contributed by atoms with E-state index < -0.39 is 41.6 Å². The fraction of sp³-hybridized carbons (Fsp3) is 0.422. The van der Waals surface area contributed by atoms with Crippen molar-refractivity contribution in [1.29, 1.82) is 10.5 Å². The van der Waals surface area contributed by atoms with Crippen LogP contribution in [0.4, 0.5) is 22.7 Å². The van der Waals surface area contributed by atoms with Crippen LogP contribution in [0, 0.1) is 48.3 Å². The van der Waals surface area contributed by atoms with Gasteiger partial charge in [0.15, 0.2) is 11.4 Å². The fourth-order valence-corrected chi connectivity index (χ4v) is 6.77. The van der Waals surface area contributed by atoms with Crippen molar-refractivity contribution >= 4 is 34.7 Å². The number of nitrogens with zero attached hydrogens (tertiary/aromatic N) is 8. The largest absolute Gasteiger partial charge is 0.493 e. The Hall–Kier alpha value is -6.94. The number of unbranched alkanes of at least 4 members (excludes halogenated alkanes) is 2. The monoisotopic (exact) mass is 832 g/mol. The minimum absolute atomic E-state index is 0.0187. The van der Waals surface area contributed by atoms with Gasteiger partial charge >= 0.3 is 11.9 Å². The Morgan fingerprint density at radius 1 is 0.656 bits per heavy atom. The molecular weight excluding hydrogens is 781 g/mol. The van der Waals surface area contributed by atoms with Gasteiger partial charge in [-0.2, -0.15) is 10.5 Å². The summed E-state index contributed by atoms with van der Waals surface area (Å²) in [7, 11) is 0. The minimum Gasteiger partial charge on any atom is -0.493 e. The standard InChI is InChI=1S/C45H52N8O8/c1-7-11-17-30(9-3)25-52-40(54)34(23-46)28(5)38(42(52)56)50-48-36-21-15-13-19-32(36)44(58)60-27-61-45(59)33-20-14-16-22-37(33)49-51-39-29(6)35(24-47)41(55)53(43(39)57)26-31(10-4)18-12-8-2/h13-16,19-22,30-31,54-55H,7-12,17-18,25-27H2,1-6H3. The van der Waals surface area contributed by atoms with E-state index in [0.29, 0.717) is 0 Å². The van der Waals surface area contributed by atoms with Gasteiger partial charge in [0.2, 0.25) is 18.6 Å². The number of rotatable bonds is 20. The van der Waals surface area contributed by atoms with E-state index in [0.717, 1.165) is 60.5 Å². The number of ether oxygens (including phenoxy) is 2. The first-order valence-corrected chi connectivity index (χ1v) is 20.5. The van der Waals surface area contributed by atoms with Crippen molar-refractivity contribution in [3.05, 3.63) is 103 Å². The van der Waals surface area contributed by atoms with Gasteiger partial charge in [-0.15, -0.1) is 20.5 Å². The molecule has 2 N–H and O–H groups in total. The lowest BCUT2D eigenvalue weighted by Gasteiger charge is -2.19. The van der Waals surface area contributed by atoms with E-state index in [1.807, 2.05) is 26.0 Å². The van der Waals surface area contributed by atoms with Crippen LogP contribution in [0.3, 0.4) is 0 Å². The molecule has 2 atom stereocenters. The number of carbonyl (C=O) groups is 2. The highest BCUT2D eigenvalue weighted by Gasteiger charge is 2.24. The number of hydrogen-bond donors (Lipinski definition) is 2. The predicted molar refractivity (Wildman–Crippen MR) is 227 cm³/mol. The molecule has 0 amide bonds. The van der Waals surface area contributed by atoms with Crippen LogP contribution in [0.5, 0.6) is 11.8 Å². The van der Waals surface area contributed by atoms with E-state index in [1.165, 1.54) is 38.1 Å². The topological polar surface area (TPSA) is 234 Å². The second-order valence-electron chi connectivity index (χ2n) is 14.6. The zero-order valence-corrected chi connectivity index (χ0v) is 35.5. The lowest BCUT2D eigenvalue weighted by molar-refractivity contribution is -0.0166. The highest BCUT2D eigenvalue weighted by Crippen LogP contribution is 2.31. The molecule has 61 heavy (non-hydrogen) atoms. The zero-order valence-electron chi connectivity index (χ0n) is 35.5. The van der Waals surface area contributed by atoms with E-state index in [9.17, 15) is 39.9 Å². The van der Waals surface area contributed by atoms with Gasteiger partial charge in [0.1, 0.15) is 34.6 Å². The van der Waals surface area contributed by atoms with Crippen molar-refractivity contribution in [2.45, 2.75) is 106 Å². The Labute approximate surface area is 354 Å². The molecule has 0 aliphatic heterocycles. The Kier molecular flexibility index (Phi) is 17.2. The number of pyridine rings is 2. The van der Waals surface area contributed by atoms with Crippen molar-refractivity contribution in [1.82, 2.24) is 9.13 Å². The first-order chi connectivity index (χ1) is 29.4. The molecule has 0 saturated carbocycles. The highest BCUT2D eigenvalue weighted by atomic mass is 16.7. The summed E-state index contributed by atoms with van der Waals surface area (Å²) in [6, 6.07) is 15.9. The third-order valence-electron chi connectivity index (χ3n) is 10.6. The number of azo groups is 2. The lowest BCUT2D eigenvalue weighted by Crippen LogP contribution is -2.25. The summed E-state index contributed by atoms with van der Waals surface area (Å²) in [4.78, 5) is 53.7. The maximum absolute atomic E-state index is 13.6. The lowest BCUT2D eigenvalue weighted by atomic mass is 9.99. The summed E-state index contributed by atoms with van der Waals surface area (Å²) < 4.78 is 12.8. The molecule has 16 nitrogen and oxygen atoms in total. The molecule has 2 heterocycles. The minimum atomic E-state index is -0.929. The van der Waals surface area contributed by atoms with Gasteiger partial charge in [0.05, 0.1) is 11.1 Å². The number of nitriles is 2. The number of benzene rings is 2. The van der Waals surface area contributed by atoms with Gasteiger partial charge in [-0.05, 0) is 62.8 Å². The van der Waals surface area contributed by atoms with Crippen LogP contribution < -0.4 is 11.1 Å². The Morgan fingerprint density at radius 2 is 1.03 bits per heavy atom. The van der Waals surface area contributed by atoms with Crippen molar-refractivity contribution in [3.63, 3.8) is 0 Å². The highest BCUT2D eigenvalue weighted by molar-refractivity contribution is 5.96. The van der Waals surface area contributed by atoms with Gasteiger partial charge in [0.25, 0.3) is 11.1 Å². The Bertz CT molecular complexity index is 2320. The molecule has 2 aromatic carbocycles. The number of carbonyl (C=O) groups excluding carboxylic acids is 2.